The largest absolute Gasteiger partial charge is 0.376 e. The number of hydrogen-bond donors (Lipinski definition) is 0. The molecule has 4 aromatic rings. The summed E-state index contributed by atoms with van der Waals surface area (Å²) in [6.07, 6.45) is 2.00. The minimum atomic E-state index is -0.467. The van der Waals surface area contributed by atoms with Crippen LogP contribution in [0.25, 0.3) is 10.7 Å². The molecule has 1 aliphatic heterocycles. The summed E-state index contributed by atoms with van der Waals surface area (Å²) >= 11 is 2.73. The number of aromatic nitrogens is 3. The summed E-state index contributed by atoms with van der Waals surface area (Å²) in [5.74, 6) is 0.452. The Hall–Kier alpha value is -3.34. The summed E-state index contributed by atoms with van der Waals surface area (Å²) in [7, 11) is 0. The first-order valence-corrected chi connectivity index (χ1v) is 12.4. The van der Waals surface area contributed by atoms with E-state index in [1.54, 1.807) is 47.7 Å². The van der Waals surface area contributed by atoms with Crippen LogP contribution in [0.2, 0.25) is 0 Å². The van der Waals surface area contributed by atoms with Gasteiger partial charge in [0.15, 0.2) is 16.8 Å². The highest BCUT2D eigenvalue weighted by atomic mass is 32.2. The number of hydrogen-bond acceptors (Lipinski definition) is 8. The maximum Gasteiger partial charge on any atom is 0.284 e. The number of nitrogens with zero attached hydrogens (tertiary/aromatic N) is 4. The van der Waals surface area contributed by atoms with Crippen molar-refractivity contribution >= 4 is 34.6 Å². The van der Waals surface area contributed by atoms with Gasteiger partial charge in [0.1, 0.15) is 0 Å². The molecule has 0 radical (unpaired) electrons. The van der Waals surface area contributed by atoms with Crippen molar-refractivity contribution in [2.75, 3.05) is 6.61 Å². The Morgan fingerprint density at radius 2 is 2.00 bits per heavy atom. The van der Waals surface area contributed by atoms with E-state index in [0.717, 1.165) is 24.3 Å². The fourth-order valence-electron chi connectivity index (χ4n) is 3.85. The highest BCUT2D eigenvalue weighted by Crippen LogP contribution is 2.37. The molecule has 1 fully saturated rings. The van der Waals surface area contributed by atoms with Crippen LogP contribution in [0.3, 0.4) is 0 Å². The fraction of sp³-hybridized carbons (Fsp3) is 0.208. The van der Waals surface area contributed by atoms with Crippen molar-refractivity contribution in [3.05, 3.63) is 87.3 Å². The molecule has 1 saturated heterocycles. The molecular formula is C24H20N4O4S2. The van der Waals surface area contributed by atoms with Crippen LogP contribution in [-0.2, 0) is 11.3 Å². The molecule has 0 bridgehead atoms. The van der Waals surface area contributed by atoms with E-state index in [9.17, 15) is 14.9 Å². The lowest BCUT2D eigenvalue weighted by atomic mass is 10.0. The average Bonchev–Trinajstić information content (AvgIpc) is 3.63. The Kier molecular flexibility index (Phi) is 6.52. The zero-order valence-electron chi connectivity index (χ0n) is 18.0. The van der Waals surface area contributed by atoms with Gasteiger partial charge in [-0.3, -0.25) is 19.5 Å². The summed E-state index contributed by atoms with van der Waals surface area (Å²) < 4.78 is 7.79. The van der Waals surface area contributed by atoms with E-state index in [-0.39, 0.29) is 23.1 Å². The van der Waals surface area contributed by atoms with E-state index < -0.39 is 4.92 Å². The molecule has 0 amide bonds. The lowest BCUT2D eigenvalue weighted by molar-refractivity contribution is -0.387. The maximum atomic E-state index is 12.8. The first-order chi connectivity index (χ1) is 16.6. The van der Waals surface area contributed by atoms with Gasteiger partial charge in [-0.1, -0.05) is 36.4 Å². The van der Waals surface area contributed by atoms with Crippen molar-refractivity contribution < 1.29 is 14.5 Å². The summed E-state index contributed by atoms with van der Waals surface area (Å²) in [6, 6.07) is 17.2. The molecule has 3 heterocycles. The minimum absolute atomic E-state index is 0.0508. The molecule has 5 rings (SSSR count). The number of carbonyl (C=O) groups excluding carboxylic acids is 1. The Morgan fingerprint density at radius 3 is 2.71 bits per heavy atom. The Bertz CT molecular complexity index is 1320. The lowest BCUT2D eigenvalue weighted by Crippen LogP contribution is -2.16. The molecule has 1 atom stereocenters. The highest BCUT2D eigenvalue weighted by molar-refractivity contribution is 7.99. The van der Waals surface area contributed by atoms with Crippen LogP contribution in [-0.4, -0.2) is 38.2 Å². The van der Waals surface area contributed by atoms with E-state index in [4.69, 9.17) is 4.74 Å². The standard InChI is InChI=1S/C24H20N4O4S2/c29-22(16-6-2-1-3-7-16)17-10-11-20(19(14-17)28(30)31)34-24-26-25-23(21-9-5-13-33-21)27(24)15-18-8-4-12-32-18/h1-3,5-7,9-11,13-14,18H,4,8,12,15H2/t18-/m0/s1. The number of ketones is 1. The normalized spacial score (nSPS) is 15.5. The Labute approximate surface area is 203 Å². The monoisotopic (exact) mass is 492 g/mol. The van der Waals surface area contributed by atoms with Crippen molar-refractivity contribution in [3.63, 3.8) is 0 Å². The first-order valence-electron chi connectivity index (χ1n) is 10.7. The smallest absolute Gasteiger partial charge is 0.284 e. The van der Waals surface area contributed by atoms with Gasteiger partial charge in [0.05, 0.1) is 27.3 Å². The van der Waals surface area contributed by atoms with E-state index in [1.807, 2.05) is 28.1 Å². The van der Waals surface area contributed by atoms with Crippen molar-refractivity contribution in [2.45, 2.75) is 35.5 Å². The van der Waals surface area contributed by atoms with Crippen LogP contribution in [0.15, 0.2) is 76.1 Å². The van der Waals surface area contributed by atoms with Gasteiger partial charge in [0.25, 0.3) is 5.69 Å². The van der Waals surface area contributed by atoms with E-state index >= 15 is 0 Å². The van der Waals surface area contributed by atoms with Gasteiger partial charge in [-0.25, -0.2) is 0 Å². The molecule has 0 saturated carbocycles. The number of benzene rings is 2. The van der Waals surface area contributed by atoms with E-state index in [2.05, 4.69) is 10.2 Å². The molecule has 0 aliphatic carbocycles. The predicted octanol–water partition coefficient (Wildman–Crippen LogP) is 5.48. The Balaban J connectivity index is 1.49. The van der Waals surface area contributed by atoms with Crippen molar-refractivity contribution in [1.82, 2.24) is 14.8 Å². The molecule has 172 valence electrons. The van der Waals surface area contributed by atoms with Gasteiger partial charge in [0.2, 0.25) is 0 Å². The molecular weight excluding hydrogens is 472 g/mol. The van der Waals surface area contributed by atoms with Crippen LogP contribution in [0.1, 0.15) is 28.8 Å². The molecule has 0 spiro atoms. The number of ether oxygens (including phenoxy) is 1. The maximum absolute atomic E-state index is 12.8. The van der Waals surface area contributed by atoms with Gasteiger partial charge in [-0.15, -0.1) is 21.5 Å². The fourth-order valence-corrected chi connectivity index (χ4v) is 5.49. The SMILES string of the molecule is O=C(c1ccccc1)c1ccc(Sc2nnc(-c3cccs3)n2C[C@@H]2CCCO2)c([N+](=O)[O-])c1. The zero-order chi connectivity index (χ0) is 23.5. The number of nitro groups is 1. The van der Waals surface area contributed by atoms with Crippen molar-refractivity contribution in [2.24, 2.45) is 0 Å². The van der Waals surface area contributed by atoms with Gasteiger partial charge in [0, 0.05) is 23.8 Å². The van der Waals surface area contributed by atoms with Crippen LogP contribution in [0.4, 0.5) is 5.69 Å². The second-order valence-corrected chi connectivity index (χ2v) is 9.72. The second kappa shape index (κ2) is 9.88. The second-order valence-electron chi connectivity index (χ2n) is 7.77. The van der Waals surface area contributed by atoms with Crippen LogP contribution in [0.5, 0.6) is 0 Å². The number of thiophene rings is 1. The molecule has 34 heavy (non-hydrogen) atoms. The van der Waals surface area contributed by atoms with Crippen molar-refractivity contribution in [3.8, 4) is 10.7 Å². The van der Waals surface area contributed by atoms with Gasteiger partial charge < -0.3 is 4.74 Å². The summed E-state index contributed by atoms with van der Waals surface area (Å²) in [5.41, 5.74) is 0.604. The topological polar surface area (TPSA) is 100 Å². The van der Waals surface area contributed by atoms with E-state index in [0.29, 0.717) is 28.0 Å². The molecule has 0 N–H and O–H groups in total. The molecule has 1 aliphatic rings. The third kappa shape index (κ3) is 4.65. The molecule has 0 unspecified atom stereocenters. The molecule has 2 aromatic heterocycles. The minimum Gasteiger partial charge on any atom is -0.376 e. The van der Waals surface area contributed by atoms with Gasteiger partial charge in [-0.05, 0) is 48.2 Å². The number of nitro benzene ring substituents is 1. The summed E-state index contributed by atoms with van der Waals surface area (Å²) in [5, 5.41) is 23.1. The average molecular weight is 493 g/mol. The predicted molar refractivity (Wildman–Crippen MR) is 129 cm³/mol. The van der Waals surface area contributed by atoms with Gasteiger partial charge in [-0.2, -0.15) is 0 Å². The van der Waals surface area contributed by atoms with Crippen LogP contribution >= 0.6 is 23.1 Å². The number of carbonyl (C=O) groups is 1. The first kappa shape index (κ1) is 22.5. The lowest BCUT2D eigenvalue weighted by Gasteiger charge is -2.14. The summed E-state index contributed by atoms with van der Waals surface area (Å²) in [6.45, 7) is 1.30. The zero-order valence-corrected chi connectivity index (χ0v) is 19.6. The van der Waals surface area contributed by atoms with E-state index in [1.165, 1.54) is 17.8 Å². The van der Waals surface area contributed by atoms with Crippen LogP contribution in [0, 0.1) is 10.1 Å². The molecule has 8 nitrogen and oxygen atoms in total. The van der Waals surface area contributed by atoms with Crippen molar-refractivity contribution in [1.29, 1.82) is 0 Å². The van der Waals surface area contributed by atoms with Gasteiger partial charge >= 0.3 is 0 Å². The highest BCUT2D eigenvalue weighted by Gasteiger charge is 2.25. The quantitative estimate of drug-likeness (QED) is 0.182. The molecule has 10 heteroatoms. The third-order valence-electron chi connectivity index (χ3n) is 5.52. The number of rotatable bonds is 8. The van der Waals surface area contributed by atoms with Crippen LogP contribution < -0.4 is 0 Å². The third-order valence-corrected chi connectivity index (χ3v) is 7.44. The Morgan fingerprint density at radius 1 is 1.15 bits per heavy atom. The summed E-state index contributed by atoms with van der Waals surface area (Å²) in [4.78, 5) is 25.6. The molecule has 2 aromatic carbocycles.